The Bertz CT molecular complexity index is 6840. The van der Waals surface area contributed by atoms with Crippen LogP contribution in [0.15, 0.2) is 213 Å². The molecule has 0 unspecified atom stereocenters. The molecule has 712 valence electrons. The molecule has 0 radical (unpaired) electrons. The first-order valence-electron chi connectivity index (χ1n) is 45.9. The van der Waals surface area contributed by atoms with E-state index in [1.807, 2.05) is 129 Å². The Morgan fingerprint density at radius 3 is 2.06 bits per heavy atom. The van der Waals surface area contributed by atoms with Crippen LogP contribution >= 0.6 is 0 Å². The molecule has 8 aliphatic rings. The third kappa shape index (κ3) is 20.7. The van der Waals surface area contributed by atoms with Gasteiger partial charge in [-0.15, -0.1) is 0 Å². The number of sulfonamides is 1. The molecule has 0 saturated carbocycles. The van der Waals surface area contributed by atoms with E-state index in [-0.39, 0.29) is 98.1 Å². The number of piperidine rings is 1. The quantitative estimate of drug-likeness (QED) is 0.00536. The first-order chi connectivity index (χ1) is 64.8. The van der Waals surface area contributed by atoms with Gasteiger partial charge in [0.25, 0.3) is 5.91 Å². The van der Waals surface area contributed by atoms with Crippen LogP contribution in [0.1, 0.15) is 166 Å². The molecule has 0 bridgehead atoms. The number of amides is 5. The number of Topliss-reactive ketones (excluding diaryl/α,β-unsaturated/α-hetero) is 1. The highest BCUT2D eigenvalue weighted by molar-refractivity contribution is 7.89. The van der Waals surface area contributed by atoms with Crippen molar-refractivity contribution in [1.29, 1.82) is 0 Å². The first-order valence-corrected chi connectivity index (χ1v) is 50.1. The lowest BCUT2D eigenvalue weighted by molar-refractivity contribution is -0.433. The molecule has 7 heterocycles. The average Bonchev–Trinajstić information content (AvgIpc) is 1.55. The number of benzene rings is 8. The largest absolute Gasteiger partial charge is 0.744 e. The molecule has 1 aliphatic carbocycles. The number of para-hydroxylation sites is 2. The maximum atomic E-state index is 15.1. The Kier molecular flexibility index (Phi) is 29.0. The molecule has 0 spiro atoms. The fourth-order valence-electron chi connectivity index (χ4n) is 19.9. The van der Waals surface area contributed by atoms with E-state index in [1.165, 1.54) is 51.8 Å². The monoisotopic (exact) mass is 1910 g/mol. The number of carbonyl (C=O) groups excluding carboxylic acids is 7. The number of hydrogen-bond acceptors (Lipinski definition) is 21. The predicted molar refractivity (Wildman–Crippen MR) is 508 cm³/mol. The van der Waals surface area contributed by atoms with E-state index in [4.69, 9.17) is 9.15 Å². The van der Waals surface area contributed by atoms with Gasteiger partial charge in [-0.25, -0.2) is 30.0 Å². The number of fused-ring (bicyclic) bond motifs is 6. The number of rotatable bonds is 35. The van der Waals surface area contributed by atoms with Crippen molar-refractivity contribution in [1.82, 2.24) is 35.0 Å². The number of anilines is 3. The standard InChI is InChI=1S/C102H110N10O21S3/c1-8-108-82-40-35-71(135(126,127)128)59-76(82)101(4,5)89(108)30-11-9-12-31-90-102(6,7)77-60-72(136(129,130)131)36-41-83(77)111(90)49-20-10-13-32-91(114)105-78(39-42-92(115)116)99(122)112-50-21-28-84(112)98(121)106-79(61-93(117)118)85(113)62-132-100(123)94-63(2)55-68(56-64(94)3)97(120)104-48-22-47-103-96(119)67-43-51-107(52-44-67)134(124,125)88-29-19-16-25-75(88)95-73-37-33-69(109-53-45-65-23-14-17-26-80(65)109)57-86(73)133-87-58-70(34-38-74(87)95)110-54-46-66-24-15-18-27-81(66)110/h9,11-12,14-19,23-27,29-31,33-38,40-41,55-60,67,78-79,84H,8,10,13,20-22,28,32,39,42-54,61-62H2,1-7H3,(H6-2,103,104,105,106,114,115,116,117,118,119,120,121,126,127,128,129,130,131)/t78-,79-,84-/m0/s1. The van der Waals surface area contributed by atoms with E-state index < -0.39 is 137 Å². The minimum atomic E-state index is -4.84. The zero-order valence-corrected chi connectivity index (χ0v) is 79.2. The second-order valence-electron chi connectivity index (χ2n) is 36.3. The van der Waals surface area contributed by atoms with Crippen molar-refractivity contribution in [2.24, 2.45) is 5.92 Å². The van der Waals surface area contributed by atoms with Crippen molar-refractivity contribution in [3.63, 3.8) is 0 Å². The SMILES string of the molecule is CC[N+]1=C(/C=C/C=C/C=C2/N(CCCCCC(=O)N[C@@H](CCC(=O)O)C(=O)N3CCC[C@H]3C(=O)N[C@@H](CC(=O)O)C(=O)COC(=O)c3c(C)cc(C(=O)NCCCNC(=O)C4CCN(S(=O)(=O)c5ccccc5-c5c6ccc(=[N+]7CCc8ccccc87)cc-6oc6cc(N7CCc8ccccc87)ccc56)CC4)cc3C)c3ccc(S(=O)(=O)[O-])cc3C2(C)C)C(C)(C)c2cc(S(=O)(=O)[O-])ccc21. The van der Waals surface area contributed by atoms with Gasteiger partial charge >= 0.3 is 17.9 Å². The van der Waals surface area contributed by atoms with Crippen LogP contribution in [0.4, 0.5) is 28.4 Å². The van der Waals surface area contributed by atoms with Gasteiger partial charge in [-0.3, -0.25) is 38.4 Å². The van der Waals surface area contributed by atoms with Gasteiger partial charge in [0, 0.05) is 168 Å². The molecule has 5 amide bonds. The van der Waals surface area contributed by atoms with Gasteiger partial charge in [0.1, 0.15) is 56.2 Å². The van der Waals surface area contributed by atoms with Crippen molar-refractivity contribution in [3.8, 4) is 22.5 Å². The van der Waals surface area contributed by atoms with Crippen LogP contribution in [0.3, 0.4) is 0 Å². The van der Waals surface area contributed by atoms with Crippen LogP contribution in [0.2, 0.25) is 0 Å². The smallest absolute Gasteiger partial charge is 0.339 e. The lowest BCUT2D eigenvalue weighted by Gasteiger charge is -2.31. The summed E-state index contributed by atoms with van der Waals surface area (Å²) in [7, 11) is -13.7. The van der Waals surface area contributed by atoms with Crippen LogP contribution in [0, 0.1) is 19.8 Å². The number of carboxylic acids is 2. The number of allylic oxidation sites excluding steroid dienone is 6. The molecular formula is C102H110N10O21S3. The molecule has 31 nitrogen and oxygen atoms in total. The van der Waals surface area contributed by atoms with Crippen molar-refractivity contribution in [3.05, 3.63) is 244 Å². The molecule has 6 N–H and O–H groups in total. The van der Waals surface area contributed by atoms with Gasteiger partial charge in [0.2, 0.25) is 50.4 Å². The van der Waals surface area contributed by atoms with Crippen molar-refractivity contribution in [2.75, 3.05) is 75.3 Å². The molecule has 7 aromatic carbocycles. The lowest BCUT2D eigenvalue weighted by Crippen LogP contribution is -2.55. The van der Waals surface area contributed by atoms with Gasteiger partial charge in [-0.2, -0.15) is 13.5 Å². The van der Waals surface area contributed by atoms with Crippen LogP contribution in [-0.4, -0.2) is 201 Å². The highest BCUT2D eigenvalue weighted by atomic mass is 32.2. The molecule has 7 aromatic rings. The van der Waals surface area contributed by atoms with Gasteiger partial charge in [-0.1, -0.05) is 93.1 Å². The topological polar surface area (TPSA) is 432 Å². The zero-order valence-electron chi connectivity index (χ0n) is 76.7. The summed E-state index contributed by atoms with van der Waals surface area (Å²) in [5, 5.41) is 32.2. The summed E-state index contributed by atoms with van der Waals surface area (Å²) in [6.45, 7) is 14.7. The number of nitrogens with zero attached hydrogens (tertiary/aromatic N) is 6. The Labute approximate surface area is 789 Å². The number of esters is 1. The van der Waals surface area contributed by atoms with Crippen molar-refractivity contribution in [2.45, 2.75) is 182 Å². The maximum Gasteiger partial charge on any atom is 0.339 e. The number of carbonyl (C=O) groups is 9. The van der Waals surface area contributed by atoms with E-state index in [0.29, 0.717) is 83.6 Å². The van der Waals surface area contributed by atoms with Crippen molar-refractivity contribution < 1.29 is 101 Å². The Hall–Kier alpha value is -13.1. The Morgan fingerprint density at radius 1 is 0.632 bits per heavy atom. The first kappa shape index (κ1) is 97.4. The number of ether oxygens (including phenoxy) is 1. The number of ketones is 1. The summed E-state index contributed by atoms with van der Waals surface area (Å²) in [6, 6.07) is 43.0. The van der Waals surface area contributed by atoms with Crippen LogP contribution in [-0.2, 0) is 92.2 Å². The molecular weight excluding hydrogens is 1800 g/mol. The summed E-state index contributed by atoms with van der Waals surface area (Å²) in [5.74, 6) is -7.72. The van der Waals surface area contributed by atoms with E-state index in [0.717, 1.165) is 86.9 Å². The predicted octanol–water partition coefficient (Wildman–Crippen LogP) is 11.8. The van der Waals surface area contributed by atoms with E-state index in [1.54, 1.807) is 44.2 Å². The molecule has 136 heavy (non-hydrogen) atoms. The van der Waals surface area contributed by atoms with Gasteiger partial charge in [0.05, 0.1) is 38.2 Å². The summed E-state index contributed by atoms with van der Waals surface area (Å²) in [5.41, 5.74) is 11.9. The highest BCUT2D eigenvalue weighted by Crippen LogP contribution is 2.50. The summed E-state index contributed by atoms with van der Waals surface area (Å²) in [6.07, 6.45) is 11.4. The number of aliphatic carboxylic acids is 2. The highest BCUT2D eigenvalue weighted by Gasteiger charge is 2.46. The molecule has 0 aromatic heterocycles. The zero-order chi connectivity index (χ0) is 97.0. The summed E-state index contributed by atoms with van der Waals surface area (Å²) in [4.78, 5) is 126. The fraction of sp³-hybridized carbons (Fsp3) is 0.363. The fourth-order valence-corrected chi connectivity index (χ4v) is 22.5. The summed E-state index contributed by atoms with van der Waals surface area (Å²) >= 11 is 0. The molecule has 3 atom stereocenters. The average molecular weight is 1910 g/mol. The maximum absolute atomic E-state index is 15.1. The normalized spacial score (nSPS) is 17.6. The second kappa shape index (κ2) is 40.4. The van der Waals surface area contributed by atoms with Crippen LogP contribution in [0.25, 0.3) is 33.4 Å². The van der Waals surface area contributed by atoms with Gasteiger partial charge in [-0.05, 0) is 194 Å². The number of carboxylic acid groups (broad SMARTS) is 2. The van der Waals surface area contributed by atoms with Crippen molar-refractivity contribution >= 4 is 129 Å². The molecule has 2 saturated heterocycles. The minimum Gasteiger partial charge on any atom is -0.744 e. The van der Waals surface area contributed by atoms with Crippen LogP contribution in [0.5, 0.6) is 0 Å². The number of aryl methyl sites for hydroxylation is 2. The van der Waals surface area contributed by atoms with E-state index in [2.05, 4.69) is 67.1 Å². The number of unbranched alkanes of at least 4 members (excludes halogenated alkanes) is 2. The third-order valence-electron chi connectivity index (χ3n) is 26.8. The minimum absolute atomic E-state index is 0.00571. The van der Waals surface area contributed by atoms with E-state index >= 15 is 8.42 Å². The Balaban J connectivity index is 0.513. The number of hydrogen-bond donors (Lipinski definition) is 6. The molecule has 15 rings (SSSR count). The molecule has 7 aliphatic heterocycles. The molecule has 34 heteroatoms. The third-order valence-corrected chi connectivity index (χ3v) is 30.4. The number of nitrogens with one attached hydrogen (secondary N) is 4. The van der Waals surface area contributed by atoms with Crippen LogP contribution < -0.4 is 41.0 Å². The lowest BCUT2D eigenvalue weighted by atomic mass is 9.81. The summed E-state index contributed by atoms with van der Waals surface area (Å²) < 4.78 is 121. The second-order valence-corrected chi connectivity index (χ2v) is 41.0. The number of likely N-dealkylation sites (tertiary alicyclic amines) is 1. The van der Waals surface area contributed by atoms with Gasteiger partial charge < -0.3 is 64.4 Å². The van der Waals surface area contributed by atoms with Gasteiger partial charge in [0.15, 0.2) is 24.6 Å². The van der Waals surface area contributed by atoms with E-state index in [9.17, 15) is 79.3 Å². The molecule has 2 fully saturated rings. The Morgan fingerprint density at radius 2 is 1.33 bits per heavy atom.